The molecular weight excluding hydrogens is 238 g/mol. The molecule has 0 amide bonds. The van der Waals surface area contributed by atoms with Gasteiger partial charge in [-0.15, -0.1) is 0 Å². The summed E-state index contributed by atoms with van der Waals surface area (Å²) < 4.78 is 5.78. The highest BCUT2D eigenvalue weighted by atomic mass is 16.5. The van der Waals surface area contributed by atoms with E-state index in [1.807, 2.05) is 39.0 Å². The summed E-state index contributed by atoms with van der Waals surface area (Å²) in [5, 5.41) is 0. The Morgan fingerprint density at radius 1 is 1.21 bits per heavy atom. The Balaban J connectivity index is 2.20. The Labute approximate surface area is 113 Å². The van der Waals surface area contributed by atoms with Gasteiger partial charge in [-0.05, 0) is 43.2 Å². The van der Waals surface area contributed by atoms with Crippen molar-refractivity contribution in [3.05, 3.63) is 53.3 Å². The third-order valence-corrected chi connectivity index (χ3v) is 3.13. The molecule has 0 aliphatic carbocycles. The molecule has 2 rings (SSSR count). The lowest BCUT2D eigenvalue weighted by atomic mass is 10.1. The van der Waals surface area contributed by atoms with Crippen molar-refractivity contribution >= 4 is 5.78 Å². The summed E-state index contributed by atoms with van der Waals surface area (Å²) in [7, 11) is 0. The molecule has 0 saturated carbocycles. The zero-order chi connectivity index (χ0) is 13.8. The number of Topliss-reactive ketones (excluding diaryl/α,β-unsaturated/α-hetero) is 1. The molecule has 0 spiro atoms. The molecule has 3 nitrogen and oxygen atoms in total. The lowest BCUT2D eigenvalue weighted by Gasteiger charge is -2.10. The molecule has 0 N–H and O–H groups in total. The van der Waals surface area contributed by atoms with Crippen LogP contribution in [0.2, 0.25) is 0 Å². The van der Waals surface area contributed by atoms with Gasteiger partial charge < -0.3 is 4.74 Å². The molecule has 0 aliphatic heterocycles. The van der Waals surface area contributed by atoms with E-state index in [0.717, 1.165) is 11.3 Å². The molecule has 1 aromatic heterocycles. The molecule has 0 aliphatic rings. The molecule has 0 atom stereocenters. The first kappa shape index (κ1) is 13.3. The van der Waals surface area contributed by atoms with E-state index in [9.17, 15) is 4.79 Å². The number of hydrogen-bond donors (Lipinski definition) is 0. The number of aryl methyl sites for hydroxylation is 1. The maximum absolute atomic E-state index is 11.5. The van der Waals surface area contributed by atoms with E-state index in [1.54, 1.807) is 18.3 Å². The zero-order valence-electron chi connectivity index (χ0n) is 11.4. The van der Waals surface area contributed by atoms with Gasteiger partial charge in [0.25, 0.3) is 0 Å². The van der Waals surface area contributed by atoms with Crippen molar-refractivity contribution < 1.29 is 9.53 Å². The van der Waals surface area contributed by atoms with E-state index in [0.29, 0.717) is 17.9 Å². The van der Waals surface area contributed by atoms with Gasteiger partial charge in [0.1, 0.15) is 17.2 Å². The molecule has 1 heterocycles. The van der Waals surface area contributed by atoms with Gasteiger partial charge in [-0.2, -0.15) is 0 Å². The molecule has 1 aromatic carbocycles. The van der Waals surface area contributed by atoms with Crippen LogP contribution in [-0.4, -0.2) is 10.8 Å². The summed E-state index contributed by atoms with van der Waals surface area (Å²) in [5.41, 5.74) is 2.77. The molecule has 2 aromatic rings. The SMILES string of the molecule is CCC(=O)c1ccc(Oc2cccc(C)c2C)cn1. The molecule has 0 saturated heterocycles. The first-order valence-corrected chi connectivity index (χ1v) is 6.35. The van der Waals surface area contributed by atoms with Crippen LogP contribution >= 0.6 is 0 Å². The molecule has 98 valence electrons. The lowest BCUT2D eigenvalue weighted by Crippen LogP contribution is -1.99. The highest BCUT2D eigenvalue weighted by molar-refractivity contribution is 5.93. The van der Waals surface area contributed by atoms with Crippen molar-refractivity contribution in [2.75, 3.05) is 0 Å². The van der Waals surface area contributed by atoms with E-state index >= 15 is 0 Å². The van der Waals surface area contributed by atoms with Crippen molar-refractivity contribution in [2.45, 2.75) is 27.2 Å². The fraction of sp³-hybridized carbons (Fsp3) is 0.250. The minimum atomic E-state index is 0.0401. The largest absolute Gasteiger partial charge is 0.455 e. The molecule has 19 heavy (non-hydrogen) atoms. The van der Waals surface area contributed by atoms with Gasteiger partial charge in [-0.1, -0.05) is 19.1 Å². The van der Waals surface area contributed by atoms with Gasteiger partial charge in [0, 0.05) is 6.42 Å². The summed E-state index contributed by atoms with van der Waals surface area (Å²) >= 11 is 0. The van der Waals surface area contributed by atoms with Crippen LogP contribution in [0.3, 0.4) is 0 Å². The Morgan fingerprint density at radius 2 is 2.00 bits per heavy atom. The number of ether oxygens (including phenoxy) is 1. The lowest BCUT2D eigenvalue weighted by molar-refractivity contribution is 0.0983. The number of rotatable bonds is 4. The van der Waals surface area contributed by atoms with Crippen molar-refractivity contribution in [3.63, 3.8) is 0 Å². The first-order chi connectivity index (χ1) is 9.11. The van der Waals surface area contributed by atoms with Crippen LogP contribution in [0.1, 0.15) is 35.0 Å². The van der Waals surface area contributed by atoms with Crippen LogP contribution in [0.25, 0.3) is 0 Å². The number of aromatic nitrogens is 1. The van der Waals surface area contributed by atoms with E-state index in [2.05, 4.69) is 4.98 Å². The van der Waals surface area contributed by atoms with Crippen molar-refractivity contribution in [3.8, 4) is 11.5 Å². The number of carbonyl (C=O) groups is 1. The Morgan fingerprint density at radius 3 is 2.63 bits per heavy atom. The van der Waals surface area contributed by atoms with Crippen LogP contribution in [-0.2, 0) is 0 Å². The van der Waals surface area contributed by atoms with E-state index in [4.69, 9.17) is 4.74 Å². The highest BCUT2D eigenvalue weighted by Crippen LogP contribution is 2.26. The van der Waals surface area contributed by atoms with Gasteiger partial charge in [-0.25, -0.2) is 4.98 Å². The smallest absolute Gasteiger partial charge is 0.180 e. The minimum absolute atomic E-state index is 0.0401. The van der Waals surface area contributed by atoms with Gasteiger partial charge >= 0.3 is 0 Å². The second-order valence-corrected chi connectivity index (χ2v) is 4.46. The number of benzene rings is 1. The fourth-order valence-electron chi connectivity index (χ4n) is 1.75. The number of nitrogens with zero attached hydrogens (tertiary/aromatic N) is 1. The summed E-state index contributed by atoms with van der Waals surface area (Å²) in [4.78, 5) is 15.6. The average molecular weight is 255 g/mol. The maximum atomic E-state index is 11.5. The Hall–Kier alpha value is -2.16. The third-order valence-electron chi connectivity index (χ3n) is 3.13. The predicted octanol–water partition coefficient (Wildman–Crippen LogP) is 4.08. The van der Waals surface area contributed by atoms with Crippen molar-refractivity contribution in [1.82, 2.24) is 4.98 Å². The molecule has 0 bridgehead atoms. The average Bonchev–Trinajstić information content (AvgIpc) is 2.44. The minimum Gasteiger partial charge on any atom is -0.455 e. The summed E-state index contributed by atoms with van der Waals surface area (Å²) in [6.45, 7) is 5.89. The standard InChI is InChI=1S/C16H17NO2/c1-4-15(18)14-9-8-13(10-17-14)19-16-7-5-6-11(2)12(16)3/h5-10H,4H2,1-3H3. The van der Waals surface area contributed by atoms with Crippen molar-refractivity contribution in [2.24, 2.45) is 0 Å². The van der Waals surface area contributed by atoms with Gasteiger partial charge in [0.15, 0.2) is 5.78 Å². The predicted molar refractivity (Wildman–Crippen MR) is 74.8 cm³/mol. The maximum Gasteiger partial charge on any atom is 0.180 e. The third kappa shape index (κ3) is 2.99. The van der Waals surface area contributed by atoms with Gasteiger partial charge in [0.2, 0.25) is 0 Å². The van der Waals surface area contributed by atoms with Gasteiger partial charge in [-0.3, -0.25) is 4.79 Å². The number of hydrogen-bond acceptors (Lipinski definition) is 3. The Kier molecular flexibility index (Phi) is 3.95. The van der Waals surface area contributed by atoms with Crippen LogP contribution in [0.5, 0.6) is 11.5 Å². The molecule has 0 fully saturated rings. The normalized spacial score (nSPS) is 10.3. The second-order valence-electron chi connectivity index (χ2n) is 4.46. The van der Waals surface area contributed by atoms with E-state index < -0.39 is 0 Å². The van der Waals surface area contributed by atoms with E-state index in [1.165, 1.54) is 5.56 Å². The first-order valence-electron chi connectivity index (χ1n) is 6.35. The molecule has 0 radical (unpaired) electrons. The Bertz CT molecular complexity index is 588. The fourth-order valence-corrected chi connectivity index (χ4v) is 1.75. The summed E-state index contributed by atoms with van der Waals surface area (Å²) in [6, 6.07) is 9.40. The zero-order valence-corrected chi connectivity index (χ0v) is 11.4. The van der Waals surface area contributed by atoms with Crippen LogP contribution in [0, 0.1) is 13.8 Å². The number of pyridine rings is 1. The molecule has 0 unspecified atom stereocenters. The highest BCUT2D eigenvalue weighted by Gasteiger charge is 2.06. The summed E-state index contributed by atoms with van der Waals surface area (Å²) in [6.07, 6.45) is 2.05. The van der Waals surface area contributed by atoms with Crippen molar-refractivity contribution in [1.29, 1.82) is 0 Å². The van der Waals surface area contributed by atoms with E-state index in [-0.39, 0.29) is 5.78 Å². The number of carbonyl (C=O) groups excluding carboxylic acids is 1. The molecular formula is C16H17NO2. The van der Waals surface area contributed by atoms with Crippen LogP contribution < -0.4 is 4.74 Å². The van der Waals surface area contributed by atoms with Crippen LogP contribution in [0.4, 0.5) is 0 Å². The number of ketones is 1. The summed E-state index contributed by atoms with van der Waals surface area (Å²) in [5.74, 6) is 1.50. The second kappa shape index (κ2) is 5.65. The topological polar surface area (TPSA) is 39.2 Å². The van der Waals surface area contributed by atoms with Crippen LogP contribution in [0.15, 0.2) is 36.5 Å². The monoisotopic (exact) mass is 255 g/mol. The van der Waals surface area contributed by atoms with Gasteiger partial charge in [0.05, 0.1) is 6.20 Å². The molecule has 3 heteroatoms. The quantitative estimate of drug-likeness (QED) is 0.773.